The molecule has 1 aliphatic rings. The zero-order chi connectivity index (χ0) is 13.4. The van der Waals surface area contributed by atoms with Gasteiger partial charge in [-0.1, -0.05) is 27.4 Å². The molecule has 1 aliphatic heterocycles. The minimum Gasteiger partial charge on any atom is -0.511 e. The van der Waals surface area contributed by atoms with E-state index in [2.05, 4.69) is 18.4 Å². The van der Waals surface area contributed by atoms with Crippen LogP contribution in [0.1, 0.15) is 40.5 Å². The van der Waals surface area contributed by atoms with Crippen LogP contribution in [0.15, 0.2) is 12.3 Å². The third-order valence-corrected chi connectivity index (χ3v) is 2.59. The number of rotatable bonds is 4. The number of aliphatic hydroxyl groups is 1. The first-order chi connectivity index (χ1) is 8.04. The van der Waals surface area contributed by atoms with E-state index >= 15 is 0 Å². The molecule has 2 atom stereocenters. The lowest BCUT2D eigenvalue weighted by molar-refractivity contribution is -0.145. The molecule has 17 heavy (non-hydrogen) atoms. The van der Waals surface area contributed by atoms with Crippen molar-refractivity contribution < 1.29 is 14.6 Å². The van der Waals surface area contributed by atoms with Crippen LogP contribution in [0.3, 0.4) is 0 Å². The van der Waals surface area contributed by atoms with Crippen molar-refractivity contribution in [3.8, 4) is 0 Å². The van der Waals surface area contributed by atoms with Crippen molar-refractivity contribution in [3.05, 3.63) is 12.3 Å². The fraction of sp³-hybridized carbons (Fsp3) is 0.769. The molecule has 0 amide bonds. The second-order valence-electron chi connectivity index (χ2n) is 3.97. The molecule has 1 fully saturated rings. The molecule has 0 spiro atoms. The summed E-state index contributed by atoms with van der Waals surface area (Å²) in [6.07, 6.45) is 1.55. The van der Waals surface area contributed by atoms with Crippen LogP contribution in [0, 0.1) is 0 Å². The lowest BCUT2D eigenvalue weighted by Crippen LogP contribution is -2.31. The number of esters is 1. The van der Waals surface area contributed by atoms with Gasteiger partial charge < -0.3 is 9.84 Å². The van der Waals surface area contributed by atoms with Crippen LogP contribution in [0.4, 0.5) is 0 Å². The maximum Gasteiger partial charge on any atom is 0.302 e. The number of hydrogen-bond donors (Lipinski definition) is 1. The monoisotopic (exact) mass is 243 g/mol. The van der Waals surface area contributed by atoms with Crippen molar-refractivity contribution in [2.24, 2.45) is 0 Å². The highest BCUT2D eigenvalue weighted by Crippen LogP contribution is 2.24. The van der Waals surface area contributed by atoms with Gasteiger partial charge in [-0.15, -0.1) is 0 Å². The van der Waals surface area contributed by atoms with E-state index in [1.54, 1.807) is 0 Å². The molecule has 1 N–H and O–H groups in total. The first-order valence-corrected chi connectivity index (χ1v) is 6.33. The molecule has 1 heterocycles. The first kappa shape index (κ1) is 16.0. The Morgan fingerprint density at radius 1 is 1.53 bits per heavy atom. The van der Waals surface area contributed by atoms with Crippen LogP contribution in [-0.2, 0) is 9.53 Å². The molecule has 0 aromatic rings. The highest BCUT2D eigenvalue weighted by Gasteiger charge is 2.34. The zero-order valence-corrected chi connectivity index (χ0v) is 11.4. The topological polar surface area (TPSA) is 49.8 Å². The van der Waals surface area contributed by atoms with E-state index in [1.165, 1.54) is 6.92 Å². The number of ether oxygens (including phenoxy) is 1. The minimum atomic E-state index is -0.263. The Morgan fingerprint density at radius 2 is 2.12 bits per heavy atom. The second kappa shape index (κ2) is 8.12. The molecule has 0 radical (unpaired) electrons. The van der Waals surface area contributed by atoms with Crippen molar-refractivity contribution in [1.29, 1.82) is 0 Å². The molecule has 0 aliphatic carbocycles. The highest BCUT2D eigenvalue weighted by atomic mass is 16.5. The SMILES string of the molecule is C=C(O)C1CC(OC(C)=O)CN1CCC.CC. The third-order valence-electron chi connectivity index (χ3n) is 2.59. The largest absolute Gasteiger partial charge is 0.511 e. The smallest absolute Gasteiger partial charge is 0.302 e. The number of aliphatic hydroxyl groups excluding tert-OH is 1. The summed E-state index contributed by atoms with van der Waals surface area (Å²) in [6, 6.07) is -0.0608. The lowest BCUT2D eigenvalue weighted by Gasteiger charge is -2.21. The maximum absolute atomic E-state index is 10.8. The van der Waals surface area contributed by atoms with Gasteiger partial charge in [0.25, 0.3) is 0 Å². The average Bonchev–Trinajstić information content (AvgIpc) is 2.64. The number of hydrogen-bond acceptors (Lipinski definition) is 4. The Morgan fingerprint density at radius 3 is 2.53 bits per heavy atom. The highest BCUT2D eigenvalue weighted by molar-refractivity contribution is 5.66. The summed E-state index contributed by atoms with van der Waals surface area (Å²) >= 11 is 0. The average molecular weight is 243 g/mol. The predicted molar refractivity (Wildman–Crippen MR) is 68.9 cm³/mol. The molecule has 4 nitrogen and oxygen atoms in total. The summed E-state index contributed by atoms with van der Waals surface area (Å²) < 4.78 is 5.14. The van der Waals surface area contributed by atoms with Crippen LogP contribution < -0.4 is 0 Å². The molecule has 2 unspecified atom stereocenters. The summed E-state index contributed by atoms with van der Waals surface area (Å²) in [5.74, 6) is -0.0984. The standard InChI is InChI=1S/C11H19NO3.C2H6/c1-4-5-12-7-10(15-9(3)14)6-11(12)8(2)13;1-2/h10-11,13H,2,4-7H2,1,3H3;1-2H3. The van der Waals surface area contributed by atoms with E-state index in [0.29, 0.717) is 13.0 Å². The van der Waals surface area contributed by atoms with E-state index < -0.39 is 0 Å². The first-order valence-electron chi connectivity index (χ1n) is 6.33. The number of likely N-dealkylation sites (tertiary alicyclic amines) is 1. The van der Waals surface area contributed by atoms with Crippen molar-refractivity contribution in [2.45, 2.75) is 52.7 Å². The molecular weight excluding hydrogens is 218 g/mol. The van der Waals surface area contributed by atoms with Gasteiger partial charge >= 0.3 is 5.97 Å². The van der Waals surface area contributed by atoms with E-state index in [4.69, 9.17) is 4.74 Å². The van der Waals surface area contributed by atoms with E-state index in [0.717, 1.165) is 13.0 Å². The van der Waals surface area contributed by atoms with Gasteiger partial charge in [0.05, 0.1) is 6.04 Å². The van der Waals surface area contributed by atoms with Crippen LogP contribution >= 0.6 is 0 Å². The minimum absolute atomic E-state index is 0.0608. The van der Waals surface area contributed by atoms with Crippen molar-refractivity contribution >= 4 is 5.97 Å². The fourth-order valence-electron chi connectivity index (χ4n) is 2.06. The van der Waals surface area contributed by atoms with Gasteiger partial charge in [-0.05, 0) is 13.0 Å². The van der Waals surface area contributed by atoms with E-state index in [-0.39, 0.29) is 23.9 Å². The number of nitrogens with zero attached hydrogens (tertiary/aromatic N) is 1. The van der Waals surface area contributed by atoms with Gasteiger partial charge in [0.1, 0.15) is 11.9 Å². The third kappa shape index (κ3) is 5.22. The molecule has 0 saturated carbocycles. The molecule has 0 aromatic carbocycles. The van der Waals surface area contributed by atoms with Crippen LogP contribution in [0.5, 0.6) is 0 Å². The van der Waals surface area contributed by atoms with Crippen LogP contribution in [-0.4, -0.2) is 41.2 Å². The van der Waals surface area contributed by atoms with Crippen molar-refractivity contribution in [2.75, 3.05) is 13.1 Å². The molecule has 0 aromatic heterocycles. The molecule has 0 bridgehead atoms. The summed E-state index contributed by atoms with van der Waals surface area (Å²) in [5, 5.41) is 9.42. The van der Waals surface area contributed by atoms with Crippen molar-refractivity contribution in [3.63, 3.8) is 0 Å². The Kier molecular flexibility index (Phi) is 7.63. The summed E-state index contributed by atoms with van der Waals surface area (Å²) in [5.41, 5.74) is 0. The lowest BCUT2D eigenvalue weighted by atomic mass is 10.1. The normalized spacial score (nSPS) is 23.8. The second-order valence-corrected chi connectivity index (χ2v) is 3.97. The summed E-state index contributed by atoms with van der Waals surface area (Å²) in [4.78, 5) is 12.9. The fourth-order valence-corrected chi connectivity index (χ4v) is 2.06. The van der Waals surface area contributed by atoms with E-state index in [1.807, 2.05) is 13.8 Å². The summed E-state index contributed by atoms with van der Waals surface area (Å²) in [6.45, 7) is 12.6. The Labute approximate surface area is 104 Å². The molecule has 4 heteroatoms. The van der Waals surface area contributed by atoms with Crippen LogP contribution in [0.2, 0.25) is 0 Å². The van der Waals surface area contributed by atoms with Gasteiger partial charge in [-0.3, -0.25) is 9.69 Å². The van der Waals surface area contributed by atoms with Crippen molar-refractivity contribution in [1.82, 2.24) is 4.90 Å². The van der Waals surface area contributed by atoms with Gasteiger partial charge in [-0.25, -0.2) is 0 Å². The van der Waals surface area contributed by atoms with Gasteiger partial charge in [0.2, 0.25) is 0 Å². The predicted octanol–water partition coefficient (Wildman–Crippen LogP) is 2.50. The molecule has 100 valence electrons. The maximum atomic E-state index is 10.8. The summed E-state index contributed by atoms with van der Waals surface area (Å²) in [7, 11) is 0. The number of carbonyl (C=O) groups excluding carboxylic acids is 1. The Bertz CT molecular complexity index is 253. The molecule has 1 rings (SSSR count). The van der Waals surface area contributed by atoms with Gasteiger partial charge in [0.15, 0.2) is 0 Å². The Balaban J connectivity index is 0.00000121. The van der Waals surface area contributed by atoms with Crippen LogP contribution in [0.25, 0.3) is 0 Å². The molecule has 1 saturated heterocycles. The number of carbonyl (C=O) groups is 1. The van der Waals surface area contributed by atoms with Gasteiger partial charge in [-0.2, -0.15) is 0 Å². The molecular formula is C13H25NO3. The van der Waals surface area contributed by atoms with Gasteiger partial charge in [0, 0.05) is 19.9 Å². The zero-order valence-electron chi connectivity index (χ0n) is 11.4. The quantitative estimate of drug-likeness (QED) is 0.609. The van der Waals surface area contributed by atoms with E-state index in [9.17, 15) is 9.90 Å². The Hall–Kier alpha value is -1.03.